The van der Waals surface area contributed by atoms with Crippen molar-refractivity contribution >= 4 is 33.5 Å². The van der Waals surface area contributed by atoms with Crippen LogP contribution in [0.2, 0.25) is 0 Å². The van der Waals surface area contributed by atoms with Crippen molar-refractivity contribution in [2.45, 2.75) is 23.9 Å². The van der Waals surface area contributed by atoms with Crippen molar-refractivity contribution in [2.75, 3.05) is 22.7 Å². The van der Waals surface area contributed by atoms with Crippen molar-refractivity contribution in [1.29, 1.82) is 0 Å². The van der Waals surface area contributed by atoms with Crippen LogP contribution in [0.25, 0.3) is 0 Å². The van der Waals surface area contributed by atoms with Crippen LogP contribution < -0.4 is 9.62 Å². The van der Waals surface area contributed by atoms with Gasteiger partial charge >= 0.3 is 18.1 Å². The van der Waals surface area contributed by atoms with Gasteiger partial charge in [-0.1, -0.05) is 18.2 Å². The Bertz CT molecular complexity index is 1040. The molecule has 31 heavy (non-hydrogen) atoms. The molecule has 0 amide bonds. The summed E-state index contributed by atoms with van der Waals surface area (Å²) in [6.45, 7) is 1.50. The second kappa shape index (κ2) is 9.64. The highest BCUT2D eigenvalue weighted by Gasteiger charge is 2.38. The average Bonchev–Trinajstić information content (AvgIpc) is 3.22. The van der Waals surface area contributed by atoms with Gasteiger partial charge in [0.25, 0.3) is 10.0 Å². The third-order valence-corrected chi connectivity index (χ3v) is 5.45. The Morgan fingerprint density at radius 1 is 1.06 bits per heavy atom. The van der Waals surface area contributed by atoms with Gasteiger partial charge in [0.05, 0.1) is 16.8 Å². The summed E-state index contributed by atoms with van der Waals surface area (Å²) in [7, 11) is -3.78. The highest BCUT2D eigenvalue weighted by atomic mass is 32.2. The summed E-state index contributed by atoms with van der Waals surface area (Å²) < 4.78 is 58.8. The van der Waals surface area contributed by atoms with Crippen LogP contribution >= 0.6 is 0 Å². The second-order valence-electron chi connectivity index (χ2n) is 6.32. The van der Waals surface area contributed by atoms with Crippen LogP contribution in [-0.4, -0.2) is 54.8 Å². The number of anilines is 2. The summed E-state index contributed by atoms with van der Waals surface area (Å²) in [5, 5.41) is 16.5. The summed E-state index contributed by atoms with van der Waals surface area (Å²) in [5.74, 6) is -3.51. The molecule has 1 aromatic heterocycles. The molecule has 3 rings (SSSR count). The number of sulfonamides is 1. The molecule has 0 radical (unpaired) electrons. The number of carbonyl (C=O) groups is 2. The molecule has 0 spiro atoms. The first-order chi connectivity index (χ1) is 14.4. The third kappa shape index (κ3) is 6.57. The summed E-state index contributed by atoms with van der Waals surface area (Å²) >= 11 is 0. The zero-order valence-corrected chi connectivity index (χ0v) is 16.7. The predicted octanol–water partition coefficient (Wildman–Crippen LogP) is 2.81. The van der Waals surface area contributed by atoms with Crippen LogP contribution in [0.3, 0.4) is 0 Å². The van der Waals surface area contributed by atoms with Crippen molar-refractivity contribution in [3.8, 4) is 0 Å². The van der Waals surface area contributed by atoms with Crippen LogP contribution in [0.4, 0.5) is 24.7 Å². The molecule has 168 valence electrons. The Hall–Kier alpha value is -3.35. The van der Waals surface area contributed by atoms with Crippen molar-refractivity contribution in [3.63, 3.8) is 0 Å². The normalized spacial score (nSPS) is 13.8. The Morgan fingerprint density at radius 2 is 1.61 bits per heavy atom. The fourth-order valence-corrected chi connectivity index (χ4v) is 3.72. The lowest BCUT2D eigenvalue weighted by Crippen LogP contribution is -2.22. The number of benzene rings is 1. The van der Waals surface area contributed by atoms with E-state index in [4.69, 9.17) is 9.90 Å². The standard InChI is InChI=1S/C16H17N3O4S.C2HF3O2/c20-16(21)14-10-12(11-17-15(14)19-8-4-5-9-19)18-24(22,23)13-6-2-1-3-7-13;3-2(4,5)1(6)7/h1-3,6-7,10-11,18H,4-5,8-9H2,(H,20,21);(H,6,7). The fourth-order valence-electron chi connectivity index (χ4n) is 2.67. The van der Waals surface area contributed by atoms with Crippen molar-refractivity contribution in [3.05, 3.63) is 48.2 Å². The molecular weight excluding hydrogens is 443 g/mol. The molecule has 1 aromatic carbocycles. The van der Waals surface area contributed by atoms with Gasteiger partial charge in [-0.15, -0.1) is 0 Å². The number of aromatic carboxylic acids is 1. The smallest absolute Gasteiger partial charge is 0.478 e. The fraction of sp³-hybridized carbons (Fsp3) is 0.278. The highest BCUT2D eigenvalue weighted by molar-refractivity contribution is 7.92. The van der Waals surface area contributed by atoms with Gasteiger partial charge in [-0.2, -0.15) is 13.2 Å². The van der Waals surface area contributed by atoms with Crippen molar-refractivity contribution in [2.24, 2.45) is 0 Å². The highest BCUT2D eigenvalue weighted by Crippen LogP contribution is 2.26. The first-order valence-corrected chi connectivity index (χ1v) is 10.3. The SMILES string of the molecule is O=C(O)C(F)(F)F.O=C(O)c1cc(NS(=O)(=O)c2ccccc2)cnc1N1CCCC1. The number of aromatic nitrogens is 1. The third-order valence-electron chi connectivity index (χ3n) is 4.05. The number of hydrogen-bond acceptors (Lipinski definition) is 6. The molecule has 1 fully saturated rings. The van der Waals surface area contributed by atoms with Crippen LogP contribution in [0, 0.1) is 0 Å². The number of rotatable bonds is 5. The van der Waals surface area contributed by atoms with Crippen molar-refractivity contribution in [1.82, 2.24) is 4.98 Å². The van der Waals surface area contributed by atoms with Crippen LogP contribution in [0.5, 0.6) is 0 Å². The van der Waals surface area contributed by atoms with Gasteiger partial charge in [-0.25, -0.2) is 23.0 Å². The van der Waals surface area contributed by atoms with Crippen LogP contribution in [0.1, 0.15) is 23.2 Å². The van der Waals surface area contributed by atoms with E-state index < -0.39 is 28.1 Å². The first-order valence-electron chi connectivity index (χ1n) is 8.78. The summed E-state index contributed by atoms with van der Waals surface area (Å²) in [6, 6.07) is 9.19. The van der Waals surface area contributed by atoms with Gasteiger partial charge in [-0.3, -0.25) is 4.72 Å². The molecule has 3 N–H and O–H groups in total. The minimum Gasteiger partial charge on any atom is -0.478 e. The molecule has 9 nitrogen and oxygen atoms in total. The molecule has 0 bridgehead atoms. The Morgan fingerprint density at radius 3 is 2.10 bits per heavy atom. The number of halogens is 3. The van der Waals surface area contributed by atoms with E-state index in [0.29, 0.717) is 5.82 Å². The van der Waals surface area contributed by atoms with Crippen LogP contribution in [0.15, 0.2) is 47.5 Å². The monoisotopic (exact) mass is 461 g/mol. The molecule has 1 aliphatic heterocycles. The largest absolute Gasteiger partial charge is 0.490 e. The zero-order chi connectivity index (χ0) is 23.2. The number of nitrogens with zero attached hydrogens (tertiary/aromatic N) is 2. The molecule has 1 saturated heterocycles. The Balaban J connectivity index is 0.000000423. The molecule has 0 unspecified atom stereocenters. The lowest BCUT2D eigenvalue weighted by atomic mass is 10.2. The number of aliphatic carboxylic acids is 1. The number of hydrogen-bond donors (Lipinski definition) is 3. The maximum absolute atomic E-state index is 12.3. The number of nitrogens with one attached hydrogen (secondary N) is 1. The molecule has 1 aliphatic rings. The molecule has 0 saturated carbocycles. The number of carboxylic acid groups (broad SMARTS) is 2. The zero-order valence-electron chi connectivity index (χ0n) is 15.8. The summed E-state index contributed by atoms with van der Waals surface area (Å²) in [5.41, 5.74) is 0.115. The molecule has 0 atom stereocenters. The Labute approximate surface area is 175 Å². The van der Waals surface area contributed by atoms with E-state index in [1.165, 1.54) is 24.4 Å². The average molecular weight is 461 g/mol. The lowest BCUT2D eigenvalue weighted by molar-refractivity contribution is -0.192. The van der Waals surface area contributed by atoms with Gasteiger partial charge in [-0.05, 0) is 31.0 Å². The molecule has 2 heterocycles. The number of carboxylic acids is 2. The summed E-state index contributed by atoms with van der Waals surface area (Å²) in [4.78, 5) is 26.6. The maximum atomic E-state index is 12.3. The van der Waals surface area contributed by atoms with E-state index in [2.05, 4.69) is 9.71 Å². The van der Waals surface area contributed by atoms with Crippen LogP contribution in [-0.2, 0) is 14.8 Å². The van der Waals surface area contributed by atoms with E-state index >= 15 is 0 Å². The first kappa shape index (κ1) is 23.9. The minimum atomic E-state index is -5.08. The number of pyridine rings is 1. The summed E-state index contributed by atoms with van der Waals surface area (Å²) in [6.07, 6.45) is -1.76. The maximum Gasteiger partial charge on any atom is 0.490 e. The minimum absolute atomic E-state index is 0.00911. The van der Waals surface area contributed by atoms with E-state index in [-0.39, 0.29) is 16.1 Å². The van der Waals surface area contributed by atoms with Crippen molar-refractivity contribution < 1.29 is 41.4 Å². The Kier molecular flexibility index (Phi) is 7.44. The lowest BCUT2D eigenvalue weighted by Gasteiger charge is -2.19. The van der Waals surface area contributed by atoms with E-state index in [0.717, 1.165) is 25.9 Å². The van der Waals surface area contributed by atoms with E-state index in [9.17, 15) is 31.5 Å². The van der Waals surface area contributed by atoms with Gasteiger partial charge in [0.2, 0.25) is 0 Å². The van der Waals surface area contributed by atoms with E-state index in [1.54, 1.807) is 18.2 Å². The van der Waals surface area contributed by atoms with Gasteiger partial charge in [0, 0.05) is 13.1 Å². The molecule has 13 heteroatoms. The predicted molar refractivity (Wildman–Crippen MR) is 104 cm³/mol. The number of alkyl halides is 3. The van der Waals surface area contributed by atoms with E-state index in [1.807, 2.05) is 4.90 Å². The topological polar surface area (TPSA) is 137 Å². The van der Waals surface area contributed by atoms with Gasteiger partial charge < -0.3 is 15.1 Å². The molecule has 0 aliphatic carbocycles. The van der Waals surface area contributed by atoms with Gasteiger partial charge in [0.1, 0.15) is 11.4 Å². The molecular formula is C18H18F3N3O6S. The molecule has 2 aromatic rings. The second-order valence-corrected chi connectivity index (χ2v) is 8.00. The van der Waals surface area contributed by atoms with Gasteiger partial charge in [0.15, 0.2) is 0 Å². The quantitative estimate of drug-likeness (QED) is 0.618.